The van der Waals surface area contributed by atoms with Crippen molar-refractivity contribution in [3.8, 4) is 0 Å². The highest BCUT2D eigenvalue weighted by Gasteiger charge is 2.16. The molecule has 6 heteroatoms. The molecule has 18 heavy (non-hydrogen) atoms. The highest BCUT2D eigenvalue weighted by Crippen LogP contribution is 2.18. The molecule has 2 heterocycles. The Labute approximate surface area is 105 Å². The number of carbonyl (C=O) groups is 1. The minimum absolute atomic E-state index is 0.190. The van der Waals surface area contributed by atoms with Crippen molar-refractivity contribution in [3.63, 3.8) is 0 Å². The molecule has 0 radical (unpaired) electrons. The minimum Gasteiger partial charge on any atom is -0.378 e. The molecule has 0 saturated heterocycles. The van der Waals surface area contributed by atoms with Crippen LogP contribution in [0.1, 0.15) is 41.6 Å². The highest BCUT2D eigenvalue weighted by atomic mass is 16.5. The minimum atomic E-state index is -0.575. The first-order chi connectivity index (χ1) is 8.54. The van der Waals surface area contributed by atoms with Crippen LogP contribution in [0.5, 0.6) is 0 Å². The molecule has 2 aromatic heterocycles. The summed E-state index contributed by atoms with van der Waals surface area (Å²) in [6, 6.07) is 1.95. The van der Waals surface area contributed by atoms with Crippen LogP contribution in [-0.4, -0.2) is 27.4 Å². The fourth-order valence-electron chi connectivity index (χ4n) is 1.78. The Hall–Kier alpha value is -1.95. The lowest BCUT2D eigenvalue weighted by Crippen LogP contribution is -2.13. The summed E-state index contributed by atoms with van der Waals surface area (Å²) in [6.07, 6.45) is 1.54. The third kappa shape index (κ3) is 2.06. The lowest BCUT2D eigenvalue weighted by molar-refractivity contribution is 0.0997. The lowest BCUT2D eigenvalue weighted by atomic mass is 10.1. The van der Waals surface area contributed by atoms with E-state index in [1.807, 2.05) is 19.9 Å². The summed E-state index contributed by atoms with van der Waals surface area (Å²) in [4.78, 5) is 19.8. The Morgan fingerprint density at radius 1 is 1.56 bits per heavy atom. The summed E-state index contributed by atoms with van der Waals surface area (Å²) >= 11 is 0. The molecule has 0 atom stereocenters. The van der Waals surface area contributed by atoms with Crippen LogP contribution in [0.4, 0.5) is 0 Å². The Balaban J connectivity index is 2.71. The predicted molar refractivity (Wildman–Crippen MR) is 66.3 cm³/mol. The summed E-state index contributed by atoms with van der Waals surface area (Å²) in [5, 5.41) is 0. The van der Waals surface area contributed by atoms with Gasteiger partial charge in [0.1, 0.15) is 6.33 Å². The number of aromatic nitrogens is 3. The van der Waals surface area contributed by atoms with Crippen LogP contribution < -0.4 is 5.73 Å². The molecule has 6 nitrogen and oxygen atoms in total. The smallest absolute Gasteiger partial charge is 0.271 e. The summed E-state index contributed by atoms with van der Waals surface area (Å²) < 4.78 is 6.88. The van der Waals surface area contributed by atoms with Gasteiger partial charge in [0.2, 0.25) is 0 Å². The molecular weight excluding hydrogens is 232 g/mol. The van der Waals surface area contributed by atoms with E-state index in [1.54, 1.807) is 17.8 Å². The van der Waals surface area contributed by atoms with Gasteiger partial charge in [0.15, 0.2) is 11.3 Å². The number of methoxy groups -OCH3 is 1. The zero-order valence-corrected chi connectivity index (χ0v) is 10.7. The van der Waals surface area contributed by atoms with E-state index in [1.165, 1.54) is 0 Å². The summed E-state index contributed by atoms with van der Waals surface area (Å²) in [5.74, 6) is -0.324. The highest BCUT2D eigenvalue weighted by molar-refractivity contribution is 5.96. The summed E-state index contributed by atoms with van der Waals surface area (Å²) in [7, 11) is 1.62. The average Bonchev–Trinajstić information content (AvgIpc) is 2.73. The monoisotopic (exact) mass is 248 g/mol. The van der Waals surface area contributed by atoms with Gasteiger partial charge in [-0.15, -0.1) is 0 Å². The fourth-order valence-corrected chi connectivity index (χ4v) is 1.78. The fraction of sp³-hybridized carbons (Fsp3) is 0.417. The zero-order valence-electron chi connectivity index (χ0n) is 10.7. The standard InChI is InChI=1S/C12H16N4O2/c1-7(2)9-4-8(5-18-3)16-6-14-10(11(13)17)12(16)15-9/h4,6-7H,5H2,1-3H3,(H2,13,17). The number of amides is 1. The van der Waals surface area contributed by atoms with E-state index in [0.717, 1.165) is 11.4 Å². The molecule has 2 rings (SSSR count). The average molecular weight is 248 g/mol. The predicted octanol–water partition coefficient (Wildman–Crippen LogP) is 1.10. The Kier molecular flexibility index (Phi) is 3.29. The maximum absolute atomic E-state index is 11.3. The van der Waals surface area contributed by atoms with Crippen molar-refractivity contribution < 1.29 is 9.53 Å². The number of ether oxygens (including phenoxy) is 1. The van der Waals surface area contributed by atoms with E-state index in [9.17, 15) is 4.79 Å². The number of carbonyl (C=O) groups excluding carboxylic acids is 1. The lowest BCUT2D eigenvalue weighted by Gasteiger charge is -2.10. The Morgan fingerprint density at radius 2 is 2.28 bits per heavy atom. The number of rotatable bonds is 4. The molecule has 0 spiro atoms. The second-order valence-corrected chi connectivity index (χ2v) is 4.41. The molecule has 2 N–H and O–H groups in total. The van der Waals surface area contributed by atoms with Crippen LogP contribution >= 0.6 is 0 Å². The number of fused-ring (bicyclic) bond motifs is 1. The molecule has 0 bridgehead atoms. The number of nitrogens with zero attached hydrogens (tertiary/aromatic N) is 3. The van der Waals surface area contributed by atoms with E-state index >= 15 is 0 Å². The Bertz CT molecular complexity index is 589. The van der Waals surface area contributed by atoms with E-state index in [2.05, 4.69) is 9.97 Å². The van der Waals surface area contributed by atoms with Gasteiger partial charge < -0.3 is 10.5 Å². The van der Waals surface area contributed by atoms with E-state index in [-0.39, 0.29) is 11.6 Å². The van der Waals surface area contributed by atoms with Crippen LogP contribution in [-0.2, 0) is 11.3 Å². The van der Waals surface area contributed by atoms with E-state index in [0.29, 0.717) is 12.3 Å². The van der Waals surface area contributed by atoms with Crippen LogP contribution in [0, 0.1) is 0 Å². The number of hydrogen-bond donors (Lipinski definition) is 1. The molecule has 0 saturated carbocycles. The first-order valence-corrected chi connectivity index (χ1v) is 5.70. The van der Waals surface area contributed by atoms with Gasteiger partial charge >= 0.3 is 0 Å². The SMILES string of the molecule is COCc1cc(C(C)C)nc2c(C(N)=O)ncn12. The molecule has 96 valence electrons. The maximum Gasteiger partial charge on any atom is 0.271 e. The third-order valence-electron chi connectivity index (χ3n) is 2.72. The van der Waals surface area contributed by atoms with Gasteiger partial charge in [-0.2, -0.15) is 0 Å². The van der Waals surface area contributed by atoms with Gasteiger partial charge in [0.05, 0.1) is 12.3 Å². The van der Waals surface area contributed by atoms with Crippen molar-refractivity contribution in [1.29, 1.82) is 0 Å². The van der Waals surface area contributed by atoms with Crippen LogP contribution in [0.15, 0.2) is 12.4 Å². The number of imidazole rings is 1. The van der Waals surface area contributed by atoms with Gasteiger partial charge in [-0.05, 0) is 12.0 Å². The van der Waals surface area contributed by atoms with Crippen molar-refractivity contribution in [2.75, 3.05) is 7.11 Å². The van der Waals surface area contributed by atoms with E-state index < -0.39 is 5.91 Å². The Morgan fingerprint density at radius 3 is 2.83 bits per heavy atom. The third-order valence-corrected chi connectivity index (χ3v) is 2.72. The molecule has 0 fully saturated rings. The molecule has 0 unspecified atom stereocenters. The van der Waals surface area contributed by atoms with E-state index in [4.69, 9.17) is 10.5 Å². The molecule has 0 aliphatic rings. The van der Waals surface area contributed by atoms with Crippen molar-refractivity contribution in [2.45, 2.75) is 26.4 Å². The normalized spacial score (nSPS) is 11.3. The first-order valence-electron chi connectivity index (χ1n) is 5.70. The van der Waals surface area contributed by atoms with Gasteiger partial charge in [-0.25, -0.2) is 9.97 Å². The van der Waals surface area contributed by atoms with Crippen molar-refractivity contribution in [2.24, 2.45) is 5.73 Å². The molecular formula is C12H16N4O2. The van der Waals surface area contributed by atoms with Crippen molar-refractivity contribution in [1.82, 2.24) is 14.4 Å². The quantitative estimate of drug-likeness (QED) is 0.878. The number of primary amides is 1. The van der Waals surface area contributed by atoms with Gasteiger partial charge in [0.25, 0.3) is 5.91 Å². The van der Waals surface area contributed by atoms with Gasteiger partial charge in [-0.1, -0.05) is 13.8 Å². The second kappa shape index (κ2) is 4.73. The largest absolute Gasteiger partial charge is 0.378 e. The van der Waals surface area contributed by atoms with Crippen LogP contribution in [0.2, 0.25) is 0 Å². The molecule has 2 aromatic rings. The maximum atomic E-state index is 11.3. The number of nitrogens with two attached hydrogens (primary N) is 1. The molecule has 1 amide bonds. The van der Waals surface area contributed by atoms with Crippen molar-refractivity contribution >= 4 is 11.6 Å². The molecule has 0 aliphatic carbocycles. The number of hydrogen-bond acceptors (Lipinski definition) is 4. The zero-order chi connectivity index (χ0) is 13.3. The molecule has 0 aliphatic heterocycles. The van der Waals surface area contributed by atoms with Gasteiger partial charge in [-0.3, -0.25) is 9.20 Å². The second-order valence-electron chi connectivity index (χ2n) is 4.41. The molecule has 0 aromatic carbocycles. The van der Waals surface area contributed by atoms with Gasteiger partial charge in [0, 0.05) is 12.8 Å². The van der Waals surface area contributed by atoms with Crippen LogP contribution in [0.3, 0.4) is 0 Å². The topological polar surface area (TPSA) is 82.5 Å². The summed E-state index contributed by atoms with van der Waals surface area (Å²) in [6.45, 7) is 4.50. The van der Waals surface area contributed by atoms with Crippen LogP contribution in [0.25, 0.3) is 5.65 Å². The van der Waals surface area contributed by atoms with Crippen molar-refractivity contribution in [3.05, 3.63) is 29.5 Å². The first kappa shape index (κ1) is 12.5. The summed E-state index contributed by atoms with van der Waals surface area (Å²) in [5.41, 5.74) is 7.75.